The maximum atomic E-state index is 11.6. The van der Waals surface area contributed by atoms with Gasteiger partial charge in [-0.25, -0.2) is 8.78 Å². The number of alkyl halides is 2. The van der Waals surface area contributed by atoms with Crippen LogP contribution in [0.5, 0.6) is 0 Å². The van der Waals surface area contributed by atoms with E-state index in [9.17, 15) is 18.0 Å². The molecule has 0 atom stereocenters. The third-order valence-corrected chi connectivity index (χ3v) is 1.06. The summed E-state index contributed by atoms with van der Waals surface area (Å²) in [5, 5.41) is 0. The van der Waals surface area contributed by atoms with E-state index >= 15 is 0 Å². The van der Waals surface area contributed by atoms with Gasteiger partial charge in [0.1, 0.15) is 18.8 Å². The third kappa shape index (κ3) is 1.69. The molecule has 0 spiro atoms. The summed E-state index contributed by atoms with van der Waals surface area (Å²) in [6, 6.07) is -1.94. The van der Waals surface area contributed by atoms with Crippen LogP contribution in [-0.4, -0.2) is 19.4 Å². The first-order valence-electron chi connectivity index (χ1n) is 2.38. The van der Waals surface area contributed by atoms with Crippen LogP contribution in [0.3, 0.4) is 0 Å². The van der Waals surface area contributed by atoms with Crippen molar-refractivity contribution in [1.29, 1.82) is 0 Å². The molecule has 0 amide bonds. The second-order valence-corrected chi connectivity index (χ2v) is 2.10. The van der Waals surface area contributed by atoms with Crippen molar-refractivity contribution in [2.45, 2.75) is 6.92 Å². The molecule has 0 aromatic rings. The highest BCUT2D eigenvalue weighted by Crippen LogP contribution is 2.19. The molecule has 0 bridgehead atoms. The van der Waals surface area contributed by atoms with Crippen molar-refractivity contribution in [2.24, 2.45) is 5.41 Å². The molecule has 1 nitrogen and oxygen atoms in total. The molecule has 0 aliphatic heterocycles. The summed E-state index contributed by atoms with van der Waals surface area (Å²) in [6.07, 6.45) is 0. The number of carbonyl (C=O) groups excluding carboxylic acids is 1. The first-order chi connectivity index (χ1) is 4.06. The minimum atomic E-state index is -2.06. The second-order valence-electron chi connectivity index (χ2n) is 2.10. The van der Waals surface area contributed by atoms with Gasteiger partial charge < -0.3 is 0 Å². The van der Waals surface area contributed by atoms with Crippen LogP contribution in [0.1, 0.15) is 6.92 Å². The highest BCUT2D eigenvalue weighted by Gasteiger charge is 2.33. The zero-order chi connectivity index (χ0) is 7.49. The van der Waals surface area contributed by atoms with Crippen molar-refractivity contribution < 1.29 is 18.0 Å². The lowest BCUT2D eigenvalue weighted by molar-refractivity contribution is -0.141. The van der Waals surface area contributed by atoms with Crippen LogP contribution >= 0.6 is 0 Å². The maximum absolute atomic E-state index is 11.6. The Bertz CT molecular complexity index is 109. The molecule has 0 N–H and O–H groups in total. The molecular formula is C5H7F3O. The van der Waals surface area contributed by atoms with Crippen molar-refractivity contribution in [2.75, 3.05) is 13.3 Å². The largest absolute Gasteiger partial charge is 0.312 e. The molecule has 0 unspecified atom stereocenters. The molecule has 0 fully saturated rings. The van der Waals surface area contributed by atoms with Crippen molar-refractivity contribution in [3.63, 3.8) is 0 Å². The summed E-state index contributed by atoms with van der Waals surface area (Å²) in [6.45, 7) is -1.69. The zero-order valence-electron chi connectivity index (χ0n) is 4.96. The van der Waals surface area contributed by atoms with Crippen molar-refractivity contribution in [3.8, 4) is 0 Å². The lowest BCUT2D eigenvalue weighted by Crippen LogP contribution is -2.29. The molecule has 0 aromatic carbocycles. The van der Waals surface area contributed by atoms with Crippen molar-refractivity contribution in [1.82, 2.24) is 0 Å². The molecular weight excluding hydrogens is 133 g/mol. The Kier molecular flexibility index (Phi) is 2.67. The van der Waals surface area contributed by atoms with Gasteiger partial charge in [0.25, 0.3) is 0 Å². The summed E-state index contributed by atoms with van der Waals surface area (Å²) in [4.78, 5) is 9.78. The van der Waals surface area contributed by atoms with Gasteiger partial charge in [-0.3, -0.25) is 4.79 Å². The Morgan fingerprint density at radius 3 is 1.78 bits per heavy atom. The summed E-state index contributed by atoms with van der Waals surface area (Å²) in [7, 11) is 0. The molecule has 0 aliphatic carbocycles. The van der Waals surface area contributed by atoms with E-state index in [2.05, 4.69) is 0 Å². The average Bonchev–Trinajstić information content (AvgIpc) is 1.86. The summed E-state index contributed by atoms with van der Waals surface area (Å²) >= 11 is 0. The molecule has 0 saturated heterocycles. The van der Waals surface area contributed by atoms with Gasteiger partial charge in [0.15, 0.2) is 0 Å². The Labute approximate surface area is 50.9 Å². The molecule has 54 valence electrons. The van der Waals surface area contributed by atoms with Crippen LogP contribution in [0.25, 0.3) is 0 Å². The van der Waals surface area contributed by atoms with Gasteiger partial charge >= 0.3 is 6.04 Å². The minimum absolute atomic E-state index is 0.898. The summed E-state index contributed by atoms with van der Waals surface area (Å²) in [5.74, 6) is 0. The van der Waals surface area contributed by atoms with Crippen LogP contribution in [-0.2, 0) is 4.79 Å². The van der Waals surface area contributed by atoms with E-state index in [1.807, 2.05) is 0 Å². The fourth-order valence-corrected chi connectivity index (χ4v) is 0.141. The SMILES string of the molecule is CC(CF)(CF)C(=O)F. The standard InChI is InChI=1S/C5H7F3O/c1-5(2-6,3-7)4(8)9/h2-3H2,1H3. The molecule has 9 heavy (non-hydrogen) atoms. The lowest BCUT2D eigenvalue weighted by Gasteiger charge is -2.13. The molecule has 0 saturated carbocycles. The highest BCUT2D eigenvalue weighted by atomic mass is 19.2. The van der Waals surface area contributed by atoms with Gasteiger partial charge in [-0.1, -0.05) is 0 Å². The maximum Gasteiger partial charge on any atom is 0.312 e. The predicted octanol–water partition coefficient (Wildman–Crippen LogP) is 1.43. The second kappa shape index (κ2) is 2.85. The quantitative estimate of drug-likeness (QED) is 0.542. The Morgan fingerprint density at radius 2 is 1.78 bits per heavy atom. The fraction of sp³-hybridized carbons (Fsp3) is 0.800. The normalized spacial score (nSPS) is 11.6. The molecule has 0 aliphatic rings. The van der Waals surface area contributed by atoms with Crippen LogP contribution < -0.4 is 0 Å². The third-order valence-electron chi connectivity index (χ3n) is 1.06. The van der Waals surface area contributed by atoms with Crippen LogP contribution in [0, 0.1) is 5.41 Å². The molecule has 0 rings (SSSR count). The van der Waals surface area contributed by atoms with Crippen molar-refractivity contribution in [3.05, 3.63) is 0 Å². The van der Waals surface area contributed by atoms with Crippen LogP contribution in [0.4, 0.5) is 13.2 Å². The lowest BCUT2D eigenvalue weighted by atomic mass is 9.96. The van der Waals surface area contributed by atoms with Gasteiger partial charge in [-0.05, 0) is 6.92 Å². The van der Waals surface area contributed by atoms with E-state index in [0.29, 0.717) is 0 Å². The van der Waals surface area contributed by atoms with Gasteiger partial charge in [0, 0.05) is 0 Å². The molecule has 0 heterocycles. The molecule has 0 aromatic heterocycles. The van der Waals surface area contributed by atoms with E-state index in [1.165, 1.54) is 0 Å². The summed E-state index contributed by atoms with van der Waals surface area (Å²) < 4.78 is 34.8. The monoisotopic (exact) mass is 140 g/mol. The van der Waals surface area contributed by atoms with Gasteiger partial charge in [0.05, 0.1) is 0 Å². The van der Waals surface area contributed by atoms with Gasteiger partial charge in [-0.15, -0.1) is 0 Å². The van der Waals surface area contributed by atoms with Gasteiger partial charge in [-0.2, -0.15) is 4.39 Å². The Hall–Kier alpha value is -0.540. The van der Waals surface area contributed by atoms with E-state index < -0.39 is 24.8 Å². The topological polar surface area (TPSA) is 17.1 Å². The van der Waals surface area contributed by atoms with E-state index in [0.717, 1.165) is 6.92 Å². The van der Waals surface area contributed by atoms with E-state index in [-0.39, 0.29) is 0 Å². The number of halogens is 3. The van der Waals surface area contributed by atoms with Crippen LogP contribution in [0.15, 0.2) is 0 Å². The Balaban J connectivity index is 4.09. The average molecular weight is 140 g/mol. The van der Waals surface area contributed by atoms with Crippen molar-refractivity contribution >= 4 is 6.04 Å². The van der Waals surface area contributed by atoms with E-state index in [1.54, 1.807) is 0 Å². The smallest absolute Gasteiger partial charge is 0.260 e. The zero-order valence-corrected chi connectivity index (χ0v) is 4.96. The molecule has 0 radical (unpaired) electrons. The predicted molar refractivity (Wildman–Crippen MR) is 26.2 cm³/mol. The van der Waals surface area contributed by atoms with Crippen LogP contribution in [0.2, 0.25) is 0 Å². The first-order valence-corrected chi connectivity index (χ1v) is 2.38. The summed E-state index contributed by atoms with van der Waals surface area (Å²) in [5.41, 5.74) is -2.06. The van der Waals surface area contributed by atoms with Gasteiger partial charge in [0.2, 0.25) is 0 Å². The highest BCUT2D eigenvalue weighted by molar-refractivity contribution is 5.75. The Morgan fingerprint density at radius 1 is 1.44 bits per heavy atom. The first kappa shape index (κ1) is 8.46. The number of hydrogen-bond acceptors (Lipinski definition) is 1. The number of rotatable bonds is 3. The minimum Gasteiger partial charge on any atom is -0.260 e. The number of carbonyl (C=O) groups is 1. The fourth-order valence-electron chi connectivity index (χ4n) is 0.141. The number of hydrogen-bond donors (Lipinski definition) is 0. The van der Waals surface area contributed by atoms with E-state index in [4.69, 9.17) is 0 Å². The molecule has 4 heteroatoms.